The molecule has 1 heterocycles. The SMILES string of the molecule is C[C@@H]1CC(=O)N[C@H](C(=O)NCC(C)(O)C2CC2)C1. The number of hydrogen-bond acceptors (Lipinski definition) is 3. The molecule has 3 N–H and O–H groups in total. The highest BCUT2D eigenvalue weighted by Gasteiger charge is 2.40. The number of carbonyl (C=O) groups excluding carboxylic acids is 2. The van der Waals surface area contributed by atoms with E-state index >= 15 is 0 Å². The molecule has 2 fully saturated rings. The van der Waals surface area contributed by atoms with Crippen molar-refractivity contribution in [2.75, 3.05) is 6.54 Å². The second-order valence-corrected chi connectivity index (χ2v) is 6.01. The van der Waals surface area contributed by atoms with Crippen LogP contribution in [0.15, 0.2) is 0 Å². The lowest BCUT2D eigenvalue weighted by molar-refractivity contribution is -0.132. The van der Waals surface area contributed by atoms with E-state index in [4.69, 9.17) is 0 Å². The summed E-state index contributed by atoms with van der Waals surface area (Å²) in [5, 5.41) is 15.5. The van der Waals surface area contributed by atoms with E-state index in [-0.39, 0.29) is 24.3 Å². The summed E-state index contributed by atoms with van der Waals surface area (Å²) in [7, 11) is 0. The molecule has 0 aromatic rings. The lowest BCUT2D eigenvalue weighted by Crippen LogP contribution is -2.53. The molecule has 102 valence electrons. The maximum absolute atomic E-state index is 11.9. The third-order valence-corrected chi connectivity index (χ3v) is 3.90. The van der Waals surface area contributed by atoms with Crippen molar-refractivity contribution in [2.24, 2.45) is 11.8 Å². The van der Waals surface area contributed by atoms with Gasteiger partial charge in [-0.1, -0.05) is 6.92 Å². The van der Waals surface area contributed by atoms with Crippen LogP contribution in [0.5, 0.6) is 0 Å². The second-order valence-electron chi connectivity index (χ2n) is 6.01. The first-order chi connectivity index (χ1) is 8.38. The number of piperidine rings is 1. The van der Waals surface area contributed by atoms with Gasteiger partial charge in [-0.15, -0.1) is 0 Å². The van der Waals surface area contributed by atoms with Crippen molar-refractivity contribution in [3.8, 4) is 0 Å². The molecule has 1 saturated heterocycles. The van der Waals surface area contributed by atoms with Gasteiger partial charge in [-0.3, -0.25) is 9.59 Å². The average Bonchev–Trinajstić information content (AvgIpc) is 3.08. The maximum atomic E-state index is 11.9. The minimum atomic E-state index is -0.819. The van der Waals surface area contributed by atoms with Gasteiger partial charge < -0.3 is 15.7 Å². The molecule has 0 radical (unpaired) electrons. The molecule has 1 unspecified atom stereocenters. The van der Waals surface area contributed by atoms with Crippen LogP contribution in [0.3, 0.4) is 0 Å². The standard InChI is InChI=1S/C13H22N2O3/c1-8-5-10(15-11(16)6-8)12(17)14-7-13(2,18)9-3-4-9/h8-10,18H,3-7H2,1-2H3,(H,14,17)(H,15,16)/t8-,10-,13?/m0/s1. The molecule has 5 nitrogen and oxygen atoms in total. The molecule has 2 aliphatic rings. The largest absolute Gasteiger partial charge is 0.388 e. The normalized spacial score (nSPS) is 31.4. The quantitative estimate of drug-likeness (QED) is 0.669. The number of hydrogen-bond donors (Lipinski definition) is 3. The second kappa shape index (κ2) is 4.88. The predicted octanol–water partition coefficient (Wildman–Crippen LogP) is 0.178. The Morgan fingerprint density at radius 1 is 1.56 bits per heavy atom. The molecule has 2 amide bonds. The van der Waals surface area contributed by atoms with Crippen LogP contribution in [0.1, 0.15) is 39.5 Å². The fourth-order valence-corrected chi connectivity index (χ4v) is 2.53. The highest BCUT2D eigenvalue weighted by Crippen LogP contribution is 2.39. The van der Waals surface area contributed by atoms with Crippen LogP contribution in [0, 0.1) is 11.8 Å². The molecule has 1 aliphatic heterocycles. The van der Waals surface area contributed by atoms with Gasteiger partial charge in [0.05, 0.1) is 5.60 Å². The summed E-state index contributed by atoms with van der Waals surface area (Å²) in [5.41, 5.74) is -0.819. The van der Waals surface area contributed by atoms with Crippen LogP contribution in [0.25, 0.3) is 0 Å². The van der Waals surface area contributed by atoms with E-state index < -0.39 is 11.6 Å². The van der Waals surface area contributed by atoms with E-state index in [2.05, 4.69) is 10.6 Å². The van der Waals surface area contributed by atoms with Crippen molar-refractivity contribution in [2.45, 2.75) is 51.2 Å². The zero-order chi connectivity index (χ0) is 13.3. The Balaban J connectivity index is 1.82. The number of rotatable bonds is 4. The first-order valence-electron chi connectivity index (χ1n) is 6.68. The Labute approximate surface area is 107 Å². The monoisotopic (exact) mass is 254 g/mol. The molecule has 1 saturated carbocycles. The number of aliphatic hydroxyl groups is 1. The Morgan fingerprint density at radius 3 is 2.78 bits per heavy atom. The summed E-state index contributed by atoms with van der Waals surface area (Å²) in [6.07, 6.45) is 3.22. The van der Waals surface area contributed by atoms with Crippen molar-refractivity contribution < 1.29 is 14.7 Å². The first-order valence-corrected chi connectivity index (χ1v) is 6.68. The Morgan fingerprint density at radius 2 is 2.22 bits per heavy atom. The van der Waals surface area contributed by atoms with Crippen molar-refractivity contribution in [3.05, 3.63) is 0 Å². The van der Waals surface area contributed by atoms with Crippen LogP contribution < -0.4 is 10.6 Å². The summed E-state index contributed by atoms with van der Waals surface area (Å²) < 4.78 is 0. The van der Waals surface area contributed by atoms with E-state index in [0.29, 0.717) is 18.8 Å². The average molecular weight is 254 g/mol. The van der Waals surface area contributed by atoms with Crippen LogP contribution in [-0.4, -0.2) is 35.1 Å². The van der Waals surface area contributed by atoms with E-state index in [1.807, 2.05) is 6.92 Å². The Kier molecular flexibility index (Phi) is 3.61. The van der Waals surface area contributed by atoms with Gasteiger partial charge in [-0.2, -0.15) is 0 Å². The smallest absolute Gasteiger partial charge is 0.242 e. The fourth-order valence-electron chi connectivity index (χ4n) is 2.53. The summed E-state index contributed by atoms with van der Waals surface area (Å²) in [6, 6.07) is -0.448. The summed E-state index contributed by atoms with van der Waals surface area (Å²) in [5.74, 6) is 0.287. The van der Waals surface area contributed by atoms with E-state index in [1.54, 1.807) is 6.92 Å². The van der Waals surface area contributed by atoms with E-state index in [0.717, 1.165) is 12.8 Å². The van der Waals surface area contributed by atoms with Crippen molar-refractivity contribution in [1.82, 2.24) is 10.6 Å². The van der Waals surface area contributed by atoms with Crippen LogP contribution in [-0.2, 0) is 9.59 Å². The molecule has 3 atom stereocenters. The van der Waals surface area contributed by atoms with E-state index in [9.17, 15) is 14.7 Å². The summed E-state index contributed by atoms with van der Waals surface area (Å²) in [4.78, 5) is 23.3. The minimum Gasteiger partial charge on any atom is -0.388 e. The molecule has 1 aliphatic carbocycles. The molecule has 18 heavy (non-hydrogen) atoms. The lowest BCUT2D eigenvalue weighted by Gasteiger charge is -2.29. The van der Waals surface area contributed by atoms with Gasteiger partial charge in [0.25, 0.3) is 0 Å². The molecule has 0 spiro atoms. The maximum Gasteiger partial charge on any atom is 0.242 e. The van der Waals surface area contributed by atoms with Gasteiger partial charge in [-0.05, 0) is 38.0 Å². The summed E-state index contributed by atoms with van der Waals surface area (Å²) >= 11 is 0. The molecule has 0 aromatic carbocycles. The zero-order valence-corrected chi connectivity index (χ0v) is 11.0. The molecule has 0 aromatic heterocycles. The van der Waals surface area contributed by atoms with Crippen molar-refractivity contribution in [1.29, 1.82) is 0 Å². The van der Waals surface area contributed by atoms with Crippen molar-refractivity contribution in [3.63, 3.8) is 0 Å². The third-order valence-electron chi connectivity index (χ3n) is 3.90. The Bertz CT molecular complexity index is 350. The summed E-state index contributed by atoms with van der Waals surface area (Å²) in [6.45, 7) is 3.99. The zero-order valence-electron chi connectivity index (χ0n) is 11.0. The number of carbonyl (C=O) groups is 2. The molecule has 0 bridgehead atoms. The molecule has 2 rings (SSSR count). The van der Waals surface area contributed by atoms with Gasteiger partial charge in [0.2, 0.25) is 11.8 Å². The van der Waals surface area contributed by atoms with Gasteiger partial charge in [0.15, 0.2) is 0 Å². The number of nitrogens with one attached hydrogen (secondary N) is 2. The van der Waals surface area contributed by atoms with Crippen molar-refractivity contribution >= 4 is 11.8 Å². The van der Waals surface area contributed by atoms with Crippen LogP contribution >= 0.6 is 0 Å². The molecular weight excluding hydrogens is 232 g/mol. The lowest BCUT2D eigenvalue weighted by atomic mass is 9.93. The molecular formula is C13H22N2O3. The Hall–Kier alpha value is -1.10. The third kappa shape index (κ3) is 3.22. The minimum absolute atomic E-state index is 0.0668. The highest BCUT2D eigenvalue weighted by atomic mass is 16.3. The predicted molar refractivity (Wildman–Crippen MR) is 66.7 cm³/mol. The topological polar surface area (TPSA) is 78.4 Å². The van der Waals surface area contributed by atoms with E-state index in [1.165, 1.54) is 0 Å². The van der Waals surface area contributed by atoms with Crippen LogP contribution in [0.2, 0.25) is 0 Å². The molecule has 5 heteroatoms. The van der Waals surface area contributed by atoms with Gasteiger partial charge in [0.1, 0.15) is 6.04 Å². The highest BCUT2D eigenvalue weighted by molar-refractivity contribution is 5.88. The van der Waals surface area contributed by atoms with Gasteiger partial charge >= 0.3 is 0 Å². The first kappa shape index (κ1) is 13.3. The van der Waals surface area contributed by atoms with Gasteiger partial charge in [-0.25, -0.2) is 0 Å². The number of amides is 2. The van der Waals surface area contributed by atoms with Gasteiger partial charge in [0, 0.05) is 13.0 Å². The van der Waals surface area contributed by atoms with Crippen LogP contribution in [0.4, 0.5) is 0 Å². The fraction of sp³-hybridized carbons (Fsp3) is 0.846.